The largest absolute Gasteiger partial charge is 0.338 e. The Morgan fingerprint density at radius 3 is 2.26 bits per heavy atom. The first-order chi connectivity index (χ1) is 11.1. The van der Waals surface area contributed by atoms with E-state index in [1.54, 1.807) is 0 Å². The fourth-order valence-corrected chi connectivity index (χ4v) is 2.46. The molecule has 0 heterocycles. The molecule has 0 N–H and O–H groups in total. The van der Waals surface area contributed by atoms with Crippen molar-refractivity contribution in [2.45, 2.75) is 34.1 Å². The molecule has 0 aliphatic heterocycles. The predicted molar refractivity (Wildman–Crippen MR) is 103 cm³/mol. The van der Waals surface area contributed by atoms with Gasteiger partial charge in [0.25, 0.3) is 0 Å². The van der Waals surface area contributed by atoms with Crippen molar-refractivity contribution in [3.8, 4) is 0 Å². The lowest BCUT2D eigenvalue weighted by Gasteiger charge is -2.24. The standard InChI is InChI=1S/C22H27N/c1-18(2)9-6-5-7-16-23(21-14-12-19(3)13-15-21)22-11-8-10-20(4)17-22/h5,7-15,17H,6,16H2,1-4H3/b7-5-. The lowest BCUT2D eigenvalue weighted by atomic mass is 10.1. The number of aryl methyl sites for hydroxylation is 2. The minimum Gasteiger partial charge on any atom is -0.338 e. The Balaban J connectivity index is 2.21. The first-order valence-electron chi connectivity index (χ1n) is 8.25. The zero-order valence-electron chi connectivity index (χ0n) is 14.7. The van der Waals surface area contributed by atoms with Gasteiger partial charge in [0.15, 0.2) is 0 Å². The van der Waals surface area contributed by atoms with Crippen molar-refractivity contribution in [1.29, 1.82) is 0 Å². The summed E-state index contributed by atoms with van der Waals surface area (Å²) in [6.07, 6.45) is 7.74. The smallest absolute Gasteiger partial charge is 0.0416 e. The predicted octanol–water partition coefficient (Wildman–Crippen LogP) is 6.35. The molecule has 2 aromatic carbocycles. The van der Waals surface area contributed by atoms with E-state index in [0.29, 0.717) is 0 Å². The van der Waals surface area contributed by atoms with E-state index in [1.807, 2.05) is 0 Å². The fraction of sp³-hybridized carbons (Fsp3) is 0.273. The van der Waals surface area contributed by atoms with Crippen LogP contribution in [0, 0.1) is 13.8 Å². The Bertz CT molecular complexity index is 673. The maximum Gasteiger partial charge on any atom is 0.0416 e. The van der Waals surface area contributed by atoms with Gasteiger partial charge in [-0.3, -0.25) is 0 Å². The first-order valence-corrected chi connectivity index (χ1v) is 8.25. The van der Waals surface area contributed by atoms with E-state index in [1.165, 1.54) is 28.1 Å². The third-order valence-corrected chi connectivity index (χ3v) is 3.78. The summed E-state index contributed by atoms with van der Waals surface area (Å²) in [6.45, 7) is 9.42. The van der Waals surface area contributed by atoms with Crippen molar-refractivity contribution >= 4 is 11.4 Å². The molecule has 0 saturated carbocycles. The van der Waals surface area contributed by atoms with Crippen LogP contribution in [0.5, 0.6) is 0 Å². The molecule has 0 saturated heterocycles. The summed E-state index contributed by atoms with van der Waals surface area (Å²) in [5, 5.41) is 0. The van der Waals surface area contributed by atoms with Crippen LogP contribution < -0.4 is 4.90 Å². The molecular weight excluding hydrogens is 278 g/mol. The third kappa shape index (κ3) is 5.45. The Morgan fingerprint density at radius 2 is 1.61 bits per heavy atom. The number of hydrogen-bond acceptors (Lipinski definition) is 1. The summed E-state index contributed by atoms with van der Waals surface area (Å²) in [6, 6.07) is 17.4. The zero-order valence-corrected chi connectivity index (χ0v) is 14.7. The van der Waals surface area contributed by atoms with Gasteiger partial charge in [0.05, 0.1) is 0 Å². The van der Waals surface area contributed by atoms with Gasteiger partial charge in [0, 0.05) is 17.9 Å². The van der Waals surface area contributed by atoms with Crippen LogP contribution in [0.2, 0.25) is 0 Å². The molecule has 0 spiro atoms. The molecule has 0 atom stereocenters. The zero-order chi connectivity index (χ0) is 16.7. The second-order valence-corrected chi connectivity index (χ2v) is 6.27. The van der Waals surface area contributed by atoms with Crippen LogP contribution >= 0.6 is 0 Å². The van der Waals surface area contributed by atoms with Gasteiger partial charge in [-0.15, -0.1) is 0 Å². The van der Waals surface area contributed by atoms with Gasteiger partial charge in [-0.2, -0.15) is 0 Å². The maximum atomic E-state index is 2.35. The third-order valence-electron chi connectivity index (χ3n) is 3.78. The number of rotatable bonds is 6. The first kappa shape index (κ1) is 17.1. The van der Waals surface area contributed by atoms with Gasteiger partial charge >= 0.3 is 0 Å². The molecule has 1 nitrogen and oxygen atoms in total. The average Bonchev–Trinajstić information content (AvgIpc) is 2.52. The summed E-state index contributed by atoms with van der Waals surface area (Å²) in [5.74, 6) is 0. The normalized spacial score (nSPS) is 10.8. The number of nitrogens with zero attached hydrogens (tertiary/aromatic N) is 1. The minimum atomic E-state index is 0.878. The Kier molecular flexibility index (Phi) is 6.22. The monoisotopic (exact) mass is 305 g/mol. The summed E-state index contributed by atoms with van der Waals surface area (Å²) in [5.41, 5.74) is 6.41. The second kappa shape index (κ2) is 8.38. The number of allylic oxidation sites excluding steroid dienone is 3. The van der Waals surface area contributed by atoms with Gasteiger partial charge in [-0.25, -0.2) is 0 Å². The van der Waals surface area contributed by atoms with Crippen molar-refractivity contribution in [1.82, 2.24) is 0 Å². The van der Waals surface area contributed by atoms with Crippen LogP contribution in [-0.2, 0) is 0 Å². The average molecular weight is 305 g/mol. The van der Waals surface area contributed by atoms with Crippen LogP contribution in [0.4, 0.5) is 11.4 Å². The van der Waals surface area contributed by atoms with Gasteiger partial charge in [-0.05, 0) is 63.9 Å². The molecule has 23 heavy (non-hydrogen) atoms. The maximum absolute atomic E-state index is 2.35. The summed E-state index contributed by atoms with van der Waals surface area (Å²) in [4.78, 5) is 2.35. The van der Waals surface area contributed by atoms with Crippen LogP contribution in [0.3, 0.4) is 0 Å². The van der Waals surface area contributed by atoms with Crippen LogP contribution in [0.15, 0.2) is 72.3 Å². The molecule has 2 aromatic rings. The van der Waals surface area contributed by atoms with E-state index in [2.05, 4.69) is 99.4 Å². The lowest BCUT2D eigenvalue weighted by Crippen LogP contribution is -2.16. The summed E-state index contributed by atoms with van der Waals surface area (Å²) in [7, 11) is 0. The molecule has 0 radical (unpaired) electrons. The molecule has 0 aliphatic carbocycles. The molecule has 0 bridgehead atoms. The Morgan fingerprint density at radius 1 is 0.870 bits per heavy atom. The number of benzene rings is 2. The van der Waals surface area contributed by atoms with Crippen LogP contribution in [0.25, 0.3) is 0 Å². The van der Waals surface area contributed by atoms with Crippen molar-refractivity contribution in [2.75, 3.05) is 11.4 Å². The van der Waals surface area contributed by atoms with Crippen molar-refractivity contribution < 1.29 is 0 Å². The molecule has 120 valence electrons. The van der Waals surface area contributed by atoms with E-state index >= 15 is 0 Å². The fourth-order valence-electron chi connectivity index (χ4n) is 2.46. The van der Waals surface area contributed by atoms with Crippen molar-refractivity contribution in [3.63, 3.8) is 0 Å². The van der Waals surface area contributed by atoms with Crippen LogP contribution in [0.1, 0.15) is 31.4 Å². The highest BCUT2D eigenvalue weighted by Crippen LogP contribution is 2.26. The van der Waals surface area contributed by atoms with E-state index in [-0.39, 0.29) is 0 Å². The van der Waals surface area contributed by atoms with Gasteiger partial charge in [-0.1, -0.05) is 53.6 Å². The molecular formula is C22H27N. The molecule has 0 unspecified atom stereocenters. The molecule has 2 rings (SSSR count). The van der Waals surface area contributed by atoms with E-state index in [4.69, 9.17) is 0 Å². The van der Waals surface area contributed by atoms with E-state index in [0.717, 1.165) is 13.0 Å². The second-order valence-electron chi connectivity index (χ2n) is 6.27. The lowest BCUT2D eigenvalue weighted by molar-refractivity contribution is 1.08. The quantitative estimate of drug-likeness (QED) is 0.562. The summed E-state index contributed by atoms with van der Waals surface area (Å²) >= 11 is 0. The Hall–Kier alpha value is -2.28. The van der Waals surface area contributed by atoms with Crippen LogP contribution in [-0.4, -0.2) is 6.54 Å². The van der Waals surface area contributed by atoms with Gasteiger partial charge < -0.3 is 4.90 Å². The molecule has 0 aliphatic rings. The SMILES string of the molecule is CC(C)=CC/C=C\CN(c1ccc(C)cc1)c1cccc(C)c1. The highest BCUT2D eigenvalue weighted by Gasteiger charge is 2.07. The Labute approximate surface area is 141 Å². The topological polar surface area (TPSA) is 3.24 Å². The molecule has 0 amide bonds. The minimum absolute atomic E-state index is 0.878. The molecule has 0 aromatic heterocycles. The number of hydrogen-bond donors (Lipinski definition) is 0. The highest BCUT2D eigenvalue weighted by molar-refractivity contribution is 5.64. The van der Waals surface area contributed by atoms with Crippen molar-refractivity contribution in [3.05, 3.63) is 83.5 Å². The van der Waals surface area contributed by atoms with E-state index in [9.17, 15) is 0 Å². The van der Waals surface area contributed by atoms with Gasteiger partial charge in [0.2, 0.25) is 0 Å². The highest BCUT2D eigenvalue weighted by atomic mass is 15.1. The molecule has 0 fully saturated rings. The molecule has 1 heteroatoms. The van der Waals surface area contributed by atoms with Gasteiger partial charge in [0.1, 0.15) is 0 Å². The summed E-state index contributed by atoms with van der Waals surface area (Å²) < 4.78 is 0. The number of anilines is 2. The van der Waals surface area contributed by atoms with Crippen molar-refractivity contribution in [2.24, 2.45) is 0 Å². The van der Waals surface area contributed by atoms with E-state index < -0.39 is 0 Å².